The topological polar surface area (TPSA) is 54.2 Å². The van der Waals surface area contributed by atoms with E-state index in [1.54, 1.807) is 41.5 Å². The number of hydrazone groups is 1. The largest absolute Gasteiger partial charge is 0.416 e. The smallest absolute Gasteiger partial charge is 0.329 e. The number of halogens is 5. The van der Waals surface area contributed by atoms with E-state index < -0.39 is 11.7 Å². The highest BCUT2D eigenvalue weighted by Crippen LogP contribution is 2.31. The Balaban J connectivity index is 1.37. The number of hydrogen-bond acceptors (Lipinski definition) is 3. The molecule has 0 radical (unpaired) electrons. The summed E-state index contributed by atoms with van der Waals surface area (Å²) >= 11 is 17.4. The third-order valence-corrected chi connectivity index (χ3v) is 5.69. The molecule has 0 unspecified atom stereocenters. The number of hydrogen-bond donors (Lipinski definition) is 2. The fourth-order valence-electron chi connectivity index (χ4n) is 3.10. The van der Waals surface area contributed by atoms with Gasteiger partial charge in [-0.2, -0.15) is 18.3 Å². The first-order chi connectivity index (χ1) is 16.7. The van der Waals surface area contributed by atoms with Gasteiger partial charge in [0.25, 0.3) is 0 Å². The molecule has 0 saturated carbocycles. The lowest BCUT2D eigenvalue weighted by Crippen LogP contribution is -2.24. The highest BCUT2D eigenvalue weighted by molar-refractivity contribution is 7.80. The van der Waals surface area contributed by atoms with Gasteiger partial charge >= 0.3 is 6.18 Å². The van der Waals surface area contributed by atoms with Gasteiger partial charge in [0, 0.05) is 17.4 Å². The van der Waals surface area contributed by atoms with E-state index in [0.29, 0.717) is 27.0 Å². The zero-order chi connectivity index (χ0) is 25.0. The van der Waals surface area contributed by atoms with Crippen molar-refractivity contribution in [2.45, 2.75) is 6.18 Å². The molecular weight excluding hydrogens is 518 g/mol. The number of anilines is 1. The van der Waals surface area contributed by atoms with Crippen LogP contribution < -0.4 is 10.7 Å². The van der Waals surface area contributed by atoms with Crippen molar-refractivity contribution in [2.75, 3.05) is 5.32 Å². The Morgan fingerprint density at radius 3 is 2.26 bits per heavy atom. The fraction of sp³-hybridized carbons (Fsp3) is 0.0417. The summed E-state index contributed by atoms with van der Waals surface area (Å²) in [6.45, 7) is 0. The number of alkyl halides is 3. The SMILES string of the molecule is FC(F)(F)c1ccc(-c2cn(-c3ccc(C=NNC(=S)Nc4c(Cl)cccc4Cl)cc3)cn2)cc1. The summed E-state index contributed by atoms with van der Waals surface area (Å²) in [5.41, 5.74) is 5.28. The number of nitrogens with one attached hydrogen (secondary N) is 2. The van der Waals surface area contributed by atoms with Crippen LogP contribution in [0.2, 0.25) is 10.0 Å². The second-order valence-corrected chi connectivity index (χ2v) is 8.48. The predicted molar refractivity (Wildman–Crippen MR) is 137 cm³/mol. The number of rotatable bonds is 5. The lowest BCUT2D eigenvalue weighted by atomic mass is 10.1. The van der Waals surface area contributed by atoms with E-state index in [0.717, 1.165) is 23.4 Å². The average Bonchev–Trinajstić information content (AvgIpc) is 3.32. The first kappa shape index (κ1) is 24.7. The average molecular weight is 534 g/mol. The number of imidazole rings is 1. The van der Waals surface area contributed by atoms with Crippen LogP contribution in [0.15, 0.2) is 84.4 Å². The molecule has 2 N–H and O–H groups in total. The number of aromatic nitrogens is 2. The molecule has 0 atom stereocenters. The Hall–Kier alpha value is -3.40. The Bertz CT molecular complexity index is 1350. The van der Waals surface area contributed by atoms with Crippen LogP contribution >= 0.6 is 35.4 Å². The van der Waals surface area contributed by atoms with E-state index in [1.165, 1.54) is 12.1 Å². The lowest BCUT2D eigenvalue weighted by Gasteiger charge is -2.10. The standard InChI is InChI=1S/C24H16Cl2F3N5S/c25-19-2-1-3-20(26)22(19)32-23(35)33-31-12-15-4-10-18(11-5-15)34-13-21(30-14-34)16-6-8-17(9-7-16)24(27,28)29/h1-14H,(H2,32,33,35). The first-order valence-electron chi connectivity index (χ1n) is 10.1. The van der Waals surface area contributed by atoms with Crippen LogP contribution in [-0.4, -0.2) is 20.9 Å². The molecule has 4 aromatic rings. The molecule has 0 bridgehead atoms. The molecule has 3 aromatic carbocycles. The van der Waals surface area contributed by atoms with E-state index >= 15 is 0 Å². The summed E-state index contributed by atoms with van der Waals surface area (Å²) < 4.78 is 40.1. The third kappa shape index (κ3) is 6.19. The van der Waals surface area contributed by atoms with Gasteiger partial charge in [-0.05, 0) is 54.2 Å². The summed E-state index contributed by atoms with van der Waals surface area (Å²) in [6, 6.07) is 17.4. The Kier molecular flexibility index (Phi) is 7.39. The molecule has 0 aliphatic rings. The van der Waals surface area contributed by atoms with E-state index in [4.69, 9.17) is 35.4 Å². The number of para-hydroxylation sites is 1. The molecular formula is C24H16Cl2F3N5S. The van der Waals surface area contributed by atoms with Crippen LogP contribution in [0.25, 0.3) is 16.9 Å². The zero-order valence-electron chi connectivity index (χ0n) is 17.7. The van der Waals surface area contributed by atoms with Crippen molar-refractivity contribution in [1.29, 1.82) is 0 Å². The van der Waals surface area contributed by atoms with E-state index in [1.807, 2.05) is 24.3 Å². The molecule has 0 aliphatic carbocycles. The van der Waals surface area contributed by atoms with Crippen molar-refractivity contribution in [3.05, 3.63) is 100 Å². The normalized spacial score (nSPS) is 11.6. The molecule has 5 nitrogen and oxygen atoms in total. The molecule has 4 rings (SSSR count). The van der Waals surface area contributed by atoms with E-state index in [9.17, 15) is 13.2 Å². The Morgan fingerprint density at radius 2 is 1.63 bits per heavy atom. The summed E-state index contributed by atoms with van der Waals surface area (Å²) in [7, 11) is 0. The maximum atomic E-state index is 12.8. The molecule has 1 aromatic heterocycles. The van der Waals surface area contributed by atoms with Gasteiger partial charge in [-0.25, -0.2) is 4.98 Å². The minimum Gasteiger partial charge on any atom is -0.329 e. The monoisotopic (exact) mass is 533 g/mol. The molecule has 0 amide bonds. The zero-order valence-corrected chi connectivity index (χ0v) is 20.1. The third-order valence-electron chi connectivity index (χ3n) is 4.86. The van der Waals surface area contributed by atoms with Gasteiger partial charge < -0.3 is 9.88 Å². The second-order valence-electron chi connectivity index (χ2n) is 7.25. The van der Waals surface area contributed by atoms with Gasteiger partial charge in [0.05, 0.1) is 39.5 Å². The number of benzene rings is 3. The molecule has 0 spiro atoms. The summed E-state index contributed by atoms with van der Waals surface area (Å²) in [5, 5.41) is 8.09. The lowest BCUT2D eigenvalue weighted by molar-refractivity contribution is -0.137. The van der Waals surface area contributed by atoms with Crippen LogP contribution in [0.3, 0.4) is 0 Å². The van der Waals surface area contributed by atoms with Crippen molar-refractivity contribution in [3.8, 4) is 16.9 Å². The minimum atomic E-state index is -4.37. The van der Waals surface area contributed by atoms with Gasteiger partial charge in [-0.15, -0.1) is 0 Å². The Labute approximate surface area is 214 Å². The highest BCUT2D eigenvalue weighted by Gasteiger charge is 2.30. The molecule has 178 valence electrons. The quantitative estimate of drug-likeness (QED) is 0.162. The predicted octanol–water partition coefficient (Wildman–Crippen LogP) is 7.19. The molecule has 1 heterocycles. The highest BCUT2D eigenvalue weighted by atomic mass is 35.5. The van der Waals surface area contributed by atoms with Gasteiger partial charge in [-0.1, -0.05) is 53.5 Å². The molecule has 0 saturated heterocycles. The van der Waals surface area contributed by atoms with Gasteiger partial charge in [-0.3, -0.25) is 5.43 Å². The molecule has 11 heteroatoms. The maximum Gasteiger partial charge on any atom is 0.416 e. The van der Waals surface area contributed by atoms with Gasteiger partial charge in [0.1, 0.15) is 0 Å². The van der Waals surface area contributed by atoms with Gasteiger partial charge in [0.2, 0.25) is 0 Å². The van der Waals surface area contributed by atoms with Crippen LogP contribution in [0.1, 0.15) is 11.1 Å². The van der Waals surface area contributed by atoms with Crippen molar-refractivity contribution < 1.29 is 13.2 Å². The number of thiocarbonyl (C=S) groups is 1. The minimum absolute atomic E-state index is 0.224. The van der Waals surface area contributed by atoms with Crippen molar-refractivity contribution in [2.24, 2.45) is 5.10 Å². The van der Waals surface area contributed by atoms with Crippen molar-refractivity contribution in [3.63, 3.8) is 0 Å². The van der Waals surface area contributed by atoms with E-state index in [-0.39, 0.29) is 5.11 Å². The van der Waals surface area contributed by atoms with Crippen LogP contribution in [0.5, 0.6) is 0 Å². The Morgan fingerprint density at radius 1 is 0.971 bits per heavy atom. The summed E-state index contributed by atoms with van der Waals surface area (Å²) in [4.78, 5) is 4.30. The first-order valence-corrected chi connectivity index (χ1v) is 11.2. The van der Waals surface area contributed by atoms with Crippen molar-refractivity contribution >= 4 is 52.4 Å². The van der Waals surface area contributed by atoms with Gasteiger partial charge in [0.15, 0.2) is 5.11 Å². The van der Waals surface area contributed by atoms with E-state index in [2.05, 4.69) is 20.8 Å². The van der Waals surface area contributed by atoms with Crippen LogP contribution in [0.4, 0.5) is 18.9 Å². The summed E-state index contributed by atoms with van der Waals surface area (Å²) in [6.07, 6.45) is 0.565. The van der Waals surface area contributed by atoms with Crippen molar-refractivity contribution in [1.82, 2.24) is 15.0 Å². The second kappa shape index (κ2) is 10.5. The molecule has 35 heavy (non-hydrogen) atoms. The van der Waals surface area contributed by atoms with Crippen LogP contribution in [0, 0.1) is 0 Å². The van der Waals surface area contributed by atoms with Crippen LogP contribution in [-0.2, 0) is 6.18 Å². The molecule has 0 aliphatic heterocycles. The summed E-state index contributed by atoms with van der Waals surface area (Å²) in [5.74, 6) is 0. The maximum absolute atomic E-state index is 12.8. The fourth-order valence-corrected chi connectivity index (χ4v) is 3.75. The number of nitrogens with zero attached hydrogens (tertiary/aromatic N) is 3. The molecule has 0 fully saturated rings.